The Balaban J connectivity index is 0.843. The van der Waals surface area contributed by atoms with Crippen LogP contribution in [0.2, 0.25) is 0 Å². The standard InChI is InChI=1S/C57H68N8O6S2/c1-33-24-37-9-7-34(25-40(37)38-12-14-42-46(27-38)60-50(58-42)48-29-56(18-19-56)31-64(48)52(66)44(16-22-72-4)62-54(68)70-2)6-8-35-10-11-36(33)26-41(35)39-13-15-43-47(28-39)61-51(59-43)49-30-57(20-21-57)32-65(49)53(67)45(17-23-73-5)63-55(69)71-3/h7,9-15,25,27-28,33,36,44-45,48-49H,6,8,16-24,26,29-32H2,1-5H3,(H,58,60)(H,59,61)(H,62,68)(H,63,69)/t33-,36-,44+,45+,48+,49+/m1/s1. The molecule has 4 fully saturated rings. The molecule has 2 saturated carbocycles. The first-order chi connectivity index (χ1) is 35.4. The number of carbonyl (C=O) groups excluding carboxylic acids is 4. The van der Waals surface area contributed by atoms with Gasteiger partial charge in [-0.2, -0.15) is 23.5 Å². The first-order valence-electron chi connectivity index (χ1n) is 26.2. The number of thioether (sulfide) groups is 2. The maximum absolute atomic E-state index is 14.2. The van der Waals surface area contributed by atoms with E-state index in [4.69, 9.17) is 19.4 Å². The highest BCUT2D eigenvalue weighted by molar-refractivity contribution is 7.98. The van der Waals surface area contributed by atoms with Crippen molar-refractivity contribution in [2.24, 2.45) is 22.7 Å². The smallest absolute Gasteiger partial charge is 0.407 e. The van der Waals surface area contributed by atoms with Gasteiger partial charge in [-0.3, -0.25) is 9.59 Å². The van der Waals surface area contributed by atoms with Crippen LogP contribution in [0.1, 0.15) is 112 Å². The molecular weight excluding hydrogens is 957 g/mol. The van der Waals surface area contributed by atoms with Crippen LogP contribution in [0.15, 0.2) is 72.3 Å². The highest BCUT2D eigenvalue weighted by Crippen LogP contribution is 2.59. The Labute approximate surface area is 436 Å². The third-order valence-electron chi connectivity index (χ3n) is 17.1. The number of nitrogens with one attached hydrogen (secondary N) is 4. The maximum Gasteiger partial charge on any atom is 0.407 e. The van der Waals surface area contributed by atoms with Gasteiger partial charge in [0.15, 0.2) is 0 Å². The zero-order valence-corrected chi connectivity index (χ0v) is 44.3. The summed E-state index contributed by atoms with van der Waals surface area (Å²) in [6, 6.07) is 18.5. The van der Waals surface area contributed by atoms with Crippen LogP contribution in [0.4, 0.5) is 9.59 Å². The van der Waals surface area contributed by atoms with Gasteiger partial charge < -0.3 is 39.9 Å². The van der Waals surface area contributed by atoms with Gasteiger partial charge in [0.05, 0.1) is 48.4 Å². The van der Waals surface area contributed by atoms with Crippen molar-refractivity contribution in [3.05, 3.63) is 101 Å². The normalized spacial score (nSPS) is 23.2. The maximum atomic E-state index is 14.2. The summed E-state index contributed by atoms with van der Waals surface area (Å²) >= 11 is 3.31. The molecule has 6 atom stereocenters. The monoisotopic (exact) mass is 1020 g/mol. The van der Waals surface area contributed by atoms with Gasteiger partial charge in [0.25, 0.3) is 0 Å². The van der Waals surface area contributed by atoms with Crippen molar-refractivity contribution in [3.8, 4) is 11.1 Å². The van der Waals surface area contributed by atoms with Gasteiger partial charge in [-0.15, -0.1) is 0 Å². The number of aryl methyl sites for hydroxylation is 1. The molecule has 4 bridgehead atoms. The molecule has 4 N–H and O–H groups in total. The van der Waals surface area contributed by atoms with Gasteiger partial charge >= 0.3 is 12.2 Å². The summed E-state index contributed by atoms with van der Waals surface area (Å²) < 4.78 is 9.82. The number of hydrogen-bond acceptors (Lipinski definition) is 10. The second-order valence-corrected chi connectivity index (χ2v) is 23.9. The SMILES string of the molecule is COC(=O)N[C@@H](CCSC)C(=O)N1CC2(CC2)C[C@H]1c1nc2ccc(C3=C4C=C[C@H](C3)[C@H](C)Cc3ccc(cc3-c3ccc5nc([C@@H]6CC7(CC7)CN6C(=O)[C@H](CCSC)NC(=O)OC)[nH]c5c3)CC4)cc2[nH]1. The van der Waals surface area contributed by atoms with Crippen LogP contribution in [-0.4, -0.2) is 117 Å². The van der Waals surface area contributed by atoms with E-state index < -0.39 is 24.3 Å². The minimum atomic E-state index is -0.660. The Morgan fingerprint density at radius 3 is 1.81 bits per heavy atom. The number of allylic oxidation sites excluding steroid dienone is 4. The van der Waals surface area contributed by atoms with Crippen LogP contribution in [0.5, 0.6) is 0 Å². The summed E-state index contributed by atoms with van der Waals surface area (Å²) in [6.45, 7) is 3.73. The Morgan fingerprint density at radius 2 is 1.27 bits per heavy atom. The minimum absolute atomic E-state index is 0.0713. The second kappa shape index (κ2) is 20.2. The van der Waals surface area contributed by atoms with Gasteiger partial charge in [0.2, 0.25) is 11.8 Å². The van der Waals surface area contributed by atoms with Crippen molar-refractivity contribution in [1.82, 2.24) is 40.4 Å². The minimum Gasteiger partial charge on any atom is -0.453 e. The van der Waals surface area contributed by atoms with Crippen molar-refractivity contribution in [3.63, 3.8) is 0 Å². The molecule has 7 aliphatic carbocycles. The van der Waals surface area contributed by atoms with Gasteiger partial charge in [0.1, 0.15) is 23.7 Å². The molecule has 0 unspecified atom stereocenters. The number of carbonyl (C=O) groups is 4. The molecule has 14 nitrogen and oxygen atoms in total. The molecule has 2 saturated heterocycles. The molecule has 5 aromatic rings. The van der Waals surface area contributed by atoms with E-state index in [1.54, 1.807) is 23.5 Å². The van der Waals surface area contributed by atoms with E-state index in [1.165, 1.54) is 47.6 Å². The van der Waals surface area contributed by atoms with Crippen molar-refractivity contribution >= 4 is 75.2 Å². The predicted molar refractivity (Wildman–Crippen MR) is 289 cm³/mol. The number of likely N-dealkylation sites (tertiary alicyclic amines) is 2. The Kier molecular flexibility index (Phi) is 13.7. The fraction of sp³-hybridized carbons (Fsp3) is 0.509. The molecule has 3 aromatic carbocycles. The number of methoxy groups -OCH3 is 2. The first kappa shape index (κ1) is 49.5. The van der Waals surface area contributed by atoms with Crippen LogP contribution in [-0.2, 0) is 31.9 Å². The number of hydrogen-bond donors (Lipinski definition) is 4. The summed E-state index contributed by atoms with van der Waals surface area (Å²) in [4.78, 5) is 74.7. The molecule has 0 radical (unpaired) electrons. The Bertz CT molecular complexity index is 3030. The van der Waals surface area contributed by atoms with E-state index in [0.717, 1.165) is 115 Å². The van der Waals surface area contributed by atoms with Crippen LogP contribution in [0, 0.1) is 22.7 Å². The topological polar surface area (TPSA) is 175 Å². The molecule has 4 heterocycles. The number of amides is 4. The number of H-pyrrole nitrogens is 2. The number of fused-ring (bicyclic) bond motifs is 2. The molecule has 9 aliphatic rings. The fourth-order valence-electron chi connectivity index (χ4n) is 12.4. The molecule has 2 aromatic heterocycles. The summed E-state index contributed by atoms with van der Waals surface area (Å²) in [5.74, 6) is 3.67. The fourth-order valence-corrected chi connectivity index (χ4v) is 13.3. The van der Waals surface area contributed by atoms with Crippen LogP contribution in [0.25, 0.3) is 38.8 Å². The average molecular weight is 1030 g/mol. The lowest BCUT2D eigenvalue weighted by Crippen LogP contribution is -2.49. The number of nitrogens with zero attached hydrogens (tertiary/aromatic N) is 4. The highest BCUT2D eigenvalue weighted by atomic mass is 32.2. The largest absolute Gasteiger partial charge is 0.453 e. The van der Waals surface area contributed by atoms with Gasteiger partial charge in [-0.1, -0.05) is 49.4 Å². The molecule has 384 valence electrons. The van der Waals surface area contributed by atoms with Gasteiger partial charge in [0, 0.05) is 13.1 Å². The molecule has 16 heteroatoms. The number of imidazole rings is 2. The Hall–Kier alpha value is -5.74. The number of rotatable bonds is 14. The lowest BCUT2D eigenvalue weighted by atomic mass is 9.75. The van der Waals surface area contributed by atoms with E-state index in [0.29, 0.717) is 37.8 Å². The third-order valence-corrected chi connectivity index (χ3v) is 18.4. The number of alkyl carbamates (subject to hydrolysis) is 2. The van der Waals surface area contributed by atoms with Crippen molar-refractivity contribution in [2.75, 3.05) is 51.3 Å². The van der Waals surface area contributed by atoms with Crippen LogP contribution >= 0.6 is 23.5 Å². The van der Waals surface area contributed by atoms with Crippen LogP contribution in [0.3, 0.4) is 0 Å². The van der Waals surface area contributed by atoms with Crippen molar-refractivity contribution in [2.45, 2.75) is 108 Å². The average Bonchev–Trinajstić information content (AvgIpc) is 4.06. The van der Waals surface area contributed by atoms with E-state index in [2.05, 4.69) is 94.3 Å². The molecule has 4 amide bonds. The van der Waals surface area contributed by atoms with Crippen molar-refractivity contribution in [1.29, 1.82) is 0 Å². The van der Waals surface area contributed by atoms with Crippen LogP contribution < -0.4 is 10.6 Å². The first-order valence-corrected chi connectivity index (χ1v) is 29.0. The zero-order chi connectivity index (χ0) is 50.6. The van der Waals surface area contributed by atoms with E-state index in [-0.39, 0.29) is 34.7 Å². The molecule has 73 heavy (non-hydrogen) atoms. The number of aromatic amines is 2. The van der Waals surface area contributed by atoms with E-state index in [9.17, 15) is 19.2 Å². The van der Waals surface area contributed by atoms with Crippen molar-refractivity contribution < 1.29 is 28.7 Å². The summed E-state index contributed by atoms with van der Waals surface area (Å²) in [5.41, 5.74) is 12.9. The zero-order valence-electron chi connectivity index (χ0n) is 42.7. The third kappa shape index (κ3) is 10.0. The van der Waals surface area contributed by atoms with Gasteiger partial charge in [-0.05, 0) is 187 Å². The Morgan fingerprint density at radius 1 is 0.726 bits per heavy atom. The summed E-state index contributed by atoms with van der Waals surface area (Å²) in [5, 5.41) is 5.64. The lowest BCUT2D eigenvalue weighted by molar-refractivity contribution is -0.135. The molecule has 2 aliphatic heterocycles. The molecular formula is C57H68N8O6S2. The van der Waals surface area contributed by atoms with E-state index >= 15 is 0 Å². The van der Waals surface area contributed by atoms with E-state index in [1.807, 2.05) is 22.3 Å². The number of aromatic nitrogens is 4. The van der Waals surface area contributed by atoms with Gasteiger partial charge in [-0.25, -0.2) is 19.6 Å². The quantitative estimate of drug-likeness (QED) is 0.0838. The number of benzene rings is 3. The highest BCUT2D eigenvalue weighted by Gasteiger charge is 2.56. The number of ether oxygens (including phenoxy) is 2. The summed E-state index contributed by atoms with van der Waals surface area (Å²) in [6.07, 6.45) is 18.5. The lowest BCUT2D eigenvalue weighted by Gasteiger charge is -2.29. The molecule has 14 rings (SSSR count). The molecule has 2 spiro atoms. The second-order valence-electron chi connectivity index (χ2n) is 21.9. The predicted octanol–water partition coefficient (Wildman–Crippen LogP) is 10.3. The summed E-state index contributed by atoms with van der Waals surface area (Å²) in [7, 11) is 2.66.